The van der Waals surface area contributed by atoms with Crippen LogP contribution < -0.4 is 5.32 Å². The summed E-state index contributed by atoms with van der Waals surface area (Å²) >= 11 is 0. The molecule has 0 aromatic heterocycles. The van der Waals surface area contributed by atoms with Crippen LogP contribution in [0, 0.1) is 6.92 Å². The van der Waals surface area contributed by atoms with Crippen molar-refractivity contribution in [1.29, 1.82) is 0 Å². The Hall–Kier alpha value is -3.41. The predicted molar refractivity (Wildman–Crippen MR) is 122 cm³/mol. The first-order valence-electron chi connectivity index (χ1n) is 10.6. The van der Waals surface area contributed by atoms with E-state index in [9.17, 15) is 14.4 Å². The zero-order valence-corrected chi connectivity index (χ0v) is 18.3. The molecule has 2 aromatic rings. The van der Waals surface area contributed by atoms with Crippen molar-refractivity contribution in [3.05, 3.63) is 71.4 Å². The van der Waals surface area contributed by atoms with Crippen LogP contribution >= 0.6 is 0 Å². The van der Waals surface area contributed by atoms with E-state index in [1.54, 1.807) is 16.0 Å². The number of hydrogen-bond donors (Lipinski definition) is 1. The van der Waals surface area contributed by atoms with Gasteiger partial charge in [-0.1, -0.05) is 49.4 Å². The maximum absolute atomic E-state index is 13.2. The number of para-hydroxylation sites is 1. The van der Waals surface area contributed by atoms with E-state index in [1.807, 2.05) is 68.5 Å². The number of rotatable bonds is 7. The van der Waals surface area contributed by atoms with E-state index in [4.69, 9.17) is 0 Å². The summed E-state index contributed by atoms with van der Waals surface area (Å²) in [7, 11) is 0. The van der Waals surface area contributed by atoms with Gasteiger partial charge in [-0.05, 0) is 42.2 Å². The molecule has 0 radical (unpaired) electrons. The van der Waals surface area contributed by atoms with Crippen molar-refractivity contribution in [3.8, 4) is 0 Å². The monoisotopic (exact) mass is 419 g/mol. The lowest BCUT2D eigenvalue weighted by Crippen LogP contribution is -2.41. The second-order valence-corrected chi connectivity index (χ2v) is 7.77. The number of anilines is 1. The van der Waals surface area contributed by atoms with E-state index in [0.717, 1.165) is 28.8 Å². The Morgan fingerprint density at radius 3 is 2.48 bits per heavy atom. The van der Waals surface area contributed by atoms with Crippen molar-refractivity contribution in [2.75, 3.05) is 18.4 Å². The minimum Gasteiger partial charge on any atom is -0.333 e. The molecule has 1 heterocycles. The molecule has 0 fully saturated rings. The molecule has 0 bridgehead atoms. The highest BCUT2D eigenvalue weighted by Gasteiger charge is 2.30. The molecule has 6 heteroatoms. The molecule has 0 aliphatic carbocycles. The van der Waals surface area contributed by atoms with Gasteiger partial charge in [-0.3, -0.25) is 14.4 Å². The SMILES string of the molecule is CCCN(CC(=O)Nc1ccccc1C)C(=O)C[C@H]1c2ccccc2C=CN1C(C)=O. The molecule has 1 atom stereocenters. The first-order valence-corrected chi connectivity index (χ1v) is 10.6. The van der Waals surface area contributed by atoms with E-state index in [2.05, 4.69) is 5.32 Å². The van der Waals surface area contributed by atoms with Crippen LogP contribution in [0.15, 0.2) is 54.7 Å². The summed E-state index contributed by atoms with van der Waals surface area (Å²) in [5.41, 5.74) is 3.64. The standard InChI is InChI=1S/C25H29N3O3/c1-4-14-27(17-24(30)26-22-12-8-5-9-18(22)2)25(31)16-23-21-11-7-6-10-20(21)13-15-28(23)19(3)29/h5-13,15,23H,4,14,16-17H2,1-3H3,(H,26,30)/t23-/m0/s1. The predicted octanol–water partition coefficient (Wildman–Crippen LogP) is 4.14. The summed E-state index contributed by atoms with van der Waals surface area (Å²) in [5.74, 6) is -0.505. The molecule has 2 aromatic carbocycles. The van der Waals surface area contributed by atoms with Crippen LogP contribution in [0.5, 0.6) is 0 Å². The Morgan fingerprint density at radius 2 is 1.77 bits per heavy atom. The molecule has 31 heavy (non-hydrogen) atoms. The number of carbonyl (C=O) groups excluding carboxylic acids is 3. The Labute approximate surface area is 183 Å². The smallest absolute Gasteiger partial charge is 0.244 e. The average molecular weight is 420 g/mol. The fourth-order valence-electron chi connectivity index (χ4n) is 3.85. The van der Waals surface area contributed by atoms with Gasteiger partial charge in [-0.15, -0.1) is 0 Å². The lowest BCUT2D eigenvalue weighted by molar-refractivity contribution is -0.137. The fourth-order valence-corrected chi connectivity index (χ4v) is 3.85. The summed E-state index contributed by atoms with van der Waals surface area (Å²) < 4.78 is 0. The minimum absolute atomic E-state index is 0.0225. The summed E-state index contributed by atoms with van der Waals surface area (Å²) in [4.78, 5) is 41.2. The molecule has 3 amide bonds. The lowest BCUT2D eigenvalue weighted by Gasteiger charge is -2.33. The molecule has 0 saturated carbocycles. The van der Waals surface area contributed by atoms with E-state index in [0.29, 0.717) is 6.54 Å². The number of nitrogens with zero attached hydrogens (tertiary/aromatic N) is 2. The quantitative estimate of drug-likeness (QED) is 0.733. The van der Waals surface area contributed by atoms with Crippen LogP contribution in [-0.2, 0) is 14.4 Å². The Morgan fingerprint density at radius 1 is 1.06 bits per heavy atom. The number of carbonyl (C=O) groups is 3. The maximum Gasteiger partial charge on any atom is 0.244 e. The van der Waals surface area contributed by atoms with Gasteiger partial charge in [0, 0.05) is 25.4 Å². The third-order valence-corrected chi connectivity index (χ3v) is 5.44. The highest BCUT2D eigenvalue weighted by molar-refractivity contribution is 5.95. The van der Waals surface area contributed by atoms with Crippen molar-refractivity contribution < 1.29 is 14.4 Å². The normalized spacial score (nSPS) is 14.7. The van der Waals surface area contributed by atoms with Gasteiger partial charge in [0.15, 0.2) is 0 Å². The topological polar surface area (TPSA) is 69.7 Å². The number of amides is 3. The highest BCUT2D eigenvalue weighted by Crippen LogP contribution is 2.33. The third kappa shape index (κ3) is 5.40. The Kier molecular flexibility index (Phi) is 7.23. The molecule has 0 unspecified atom stereocenters. The molecule has 1 aliphatic heterocycles. The molecule has 0 spiro atoms. The Balaban J connectivity index is 1.75. The zero-order chi connectivity index (χ0) is 22.4. The number of nitrogens with one attached hydrogen (secondary N) is 1. The highest BCUT2D eigenvalue weighted by atomic mass is 16.2. The Bertz CT molecular complexity index is 999. The average Bonchev–Trinajstić information content (AvgIpc) is 2.75. The third-order valence-electron chi connectivity index (χ3n) is 5.44. The van der Waals surface area contributed by atoms with Gasteiger partial charge in [0.2, 0.25) is 17.7 Å². The van der Waals surface area contributed by atoms with Crippen LogP contribution in [0.3, 0.4) is 0 Å². The summed E-state index contributed by atoms with van der Waals surface area (Å²) in [6.45, 7) is 5.85. The minimum atomic E-state index is -0.384. The van der Waals surface area contributed by atoms with Gasteiger partial charge in [0.05, 0.1) is 19.0 Å². The van der Waals surface area contributed by atoms with Gasteiger partial charge >= 0.3 is 0 Å². The molecular formula is C25H29N3O3. The fraction of sp³-hybridized carbons (Fsp3) is 0.320. The van der Waals surface area contributed by atoms with Crippen molar-refractivity contribution in [2.24, 2.45) is 0 Å². The van der Waals surface area contributed by atoms with E-state index in [1.165, 1.54) is 6.92 Å². The van der Waals surface area contributed by atoms with Crippen LogP contribution in [0.25, 0.3) is 6.08 Å². The summed E-state index contributed by atoms with van der Waals surface area (Å²) in [5, 5.41) is 2.89. The van der Waals surface area contributed by atoms with Crippen LogP contribution in [-0.4, -0.2) is 40.6 Å². The first-order chi connectivity index (χ1) is 14.9. The van der Waals surface area contributed by atoms with Crippen LogP contribution in [0.2, 0.25) is 0 Å². The van der Waals surface area contributed by atoms with Crippen molar-refractivity contribution in [2.45, 2.75) is 39.7 Å². The number of benzene rings is 2. The number of aryl methyl sites for hydroxylation is 1. The van der Waals surface area contributed by atoms with E-state index in [-0.39, 0.29) is 36.7 Å². The summed E-state index contributed by atoms with van der Waals surface area (Å²) in [6.07, 6.45) is 4.48. The first kappa shape index (κ1) is 22.3. The van der Waals surface area contributed by atoms with E-state index < -0.39 is 0 Å². The van der Waals surface area contributed by atoms with E-state index >= 15 is 0 Å². The van der Waals surface area contributed by atoms with Gasteiger partial charge in [0.25, 0.3) is 0 Å². The van der Waals surface area contributed by atoms with Gasteiger partial charge < -0.3 is 15.1 Å². The van der Waals surface area contributed by atoms with Crippen molar-refractivity contribution in [1.82, 2.24) is 9.80 Å². The van der Waals surface area contributed by atoms with Gasteiger partial charge in [0.1, 0.15) is 0 Å². The molecule has 3 rings (SSSR count). The maximum atomic E-state index is 13.2. The molecule has 1 N–H and O–H groups in total. The molecule has 0 saturated heterocycles. The molecular weight excluding hydrogens is 390 g/mol. The van der Waals surface area contributed by atoms with Gasteiger partial charge in [-0.2, -0.15) is 0 Å². The zero-order valence-electron chi connectivity index (χ0n) is 18.3. The molecule has 162 valence electrons. The van der Waals surface area contributed by atoms with Crippen LogP contribution in [0.4, 0.5) is 5.69 Å². The molecule has 1 aliphatic rings. The van der Waals surface area contributed by atoms with Gasteiger partial charge in [-0.25, -0.2) is 0 Å². The van der Waals surface area contributed by atoms with Crippen LogP contribution in [0.1, 0.15) is 49.4 Å². The lowest BCUT2D eigenvalue weighted by atomic mass is 9.93. The van der Waals surface area contributed by atoms with Crippen molar-refractivity contribution >= 4 is 29.5 Å². The largest absolute Gasteiger partial charge is 0.333 e. The van der Waals surface area contributed by atoms with Crippen molar-refractivity contribution in [3.63, 3.8) is 0 Å². The second kappa shape index (κ2) is 10.1. The second-order valence-electron chi connectivity index (χ2n) is 7.77. The molecule has 6 nitrogen and oxygen atoms in total. The number of fused-ring (bicyclic) bond motifs is 1. The summed E-state index contributed by atoms with van der Waals surface area (Å²) in [6, 6.07) is 14.9. The number of hydrogen-bond acceptors (Lipinski definition) is 3.